The highest BCUT2D eigenvalue weighted by atomic mass is 79.9. The first-order chi connectivity index (χ1) is 8.45. The molecule has 0 fully saturated rings. The van der Waals surface area contributed by atoms with Crippen LogP contribution < -0.4 is 5.32 Å². The van der Waals surface area contributed by atoms with E-state index in [-0.39, 0.29) is 17.4 Å². The lowest BCUT2D eigenvalue weighted by atomic mass is 10.1. The molecule has 0 saturated heterocycles. The van der Waals surface area contributed by atoms with Crippen molar-refractivity contribution >= 4 is 45.3 Å². The number of carbonyl (C=O) groups excluding carboxylic acids is 1. The molecule has 98 valence electrons. The second kappa shape index (κ2) is 6.80. The second-order valence-corrected chi connectivity index (χ2v) is 5.67. The molecule has 0 aromatic heterocycles. The number of halogens is 1. The summed E-state index contributed by atoms with van der Waals surface area (Å²) in [6.07, 6.45) is 1.92. The average molecular weight is 332 g/mol. The van der Waals surface area contributed by atoms with Crippen LogP contribution in [-0.2, 0) is 4.79 Å². The fourth-order valence-electron chi connectivity index (χ4n) is 1.38. The molecule has 0 bridgehead atoms. The highest BCUT2D eigenvalue weighted by molar-refractivity contribution is 9.10. The number of hydrogen-bond donors (Lipinski definition) is 2. The number of hydrogen-bond acceptors (Lipinski definition) is 3. The lowest BCUT2D eigenvalue weighted by Crippen LogP contribution is -2.23. The number of nitrogens with one attached hydrogen (secondary N) is 1. The Bertz CT molecular complexity index is 465. The van der Waals surface area contributed by atoms with Crippen LogP contribution >= 0.6 is 27.7 Å². The lowest BCUT2D eigenvalue weighted by molar-refractivity contribution is -0.118. The molecule has 6 heteroatoms. The maximum atomic E-state index is 11.8. The van der Waals surface area contributed by atoms with Crippen LogP contribution in [0.5, 0.6) is 0 Å². The summed E-state index contributed by atoms with van der Waals surface area (Å²) in [5, 5.41) is 11.7. The number of aromatic carboxylic acids is 1. The van der Waals surface area contributed by atoms with Crippen molar-refractivity contribution < 1.29 is 14.7 Å². The van der Waals surface area contributed by atoms with Crippen LogP contribution in [0.25, 0.3) is 0 Å². The van der Waals surface area contributed by atoms with Crippen LogP contribution in [0.1, 0.15) is 17.3 Å². The molecule has 0 saturated carbocycles. The smallest absolute Gasteiger partial charge is 0.337 e. The standard InChI is InChI=1S/C12H14BrNO3S/c1-7(6-18-2)11(15)14-10-4-3-8(13)5-9(10)12(16)17/h3-5,7H,6H2,1-2H3,(H,14,15)(H,16,17). The van der Waals surface area contributed by atoms with Crippen LogP contribution in [0, 0.1) is 5.92 Å². The van der Waals surface area contributed by atoms with Crippen molar-refractivity contribution in [2.24, 2.45) is 5.92 Å². The maximum Gasteiger partial charge on any atom is 0.337 e. The Kier molecular flexibility index (Phi) is 5.68. The van der Waals surface area contributed by atoms with Crippen LogP contribution in [0.3, 0.4) is 0 Å². The summed E-state index contributed by atoms with van der Waals surface area (Å²) in [6.45, 7) is 1.81. The van der Waals surface area contributed by atoms with Crippen LogP contribution in [0.2, 0.25) is 0 Å². The van der Waals surface area contributed by atoms with Gasteiger partial charge in [-0.3, -0.25) is 4.79 Å². The quantitative estimate of drug-likeness (QED) is 0.870. The number of amides is 1. The topological polar surface area (TPSA) is 66.4 Å². The van der Waals surface area contributed by atoms with Gasteiger partial charge in [0.05, 0.1) is 11.3 Å². The highest BCUT2D eigenvalue weighted by Crippen LogP contribution is 2.22. The zero-order chi connectivity index (χ0) is 13.7. The Morgan fingerprint density at radius 1 is 1.50 bits per heavy atom. The molecule has 1 atom stereocenters. The normalized spacial score (nSPS) is 11.9. The Morgan fingerprint density at radius 2 is 2.17 bits per heavy atom. The van der Waals surface area contributed by atoms with Gasteiger partial charge in [-0.2, -0.15) is 11.8 Å². The van der Waals surface area contributed by atoms with E-state index in [4.69, 9.17) is 5.11 Å². The minimum atomic E-state index is -1.07. The third kappa shape index (κ3) is 4.03. The molecular formula is C12H14BrNO3S. The van der Waals surface area contributed by atoms with E-state index in [1.807, 2.05) is 13.2 Å². The van der Waals surface area contributed by atoms with Crippen molar-refractivity contribution in [3.63, 3.8) is 0 Å². The molecule has 1 aromatic carbocycles. The molecule has 0 radical (unpaired) electrons. The Labute approximate surface area is 118 Å². The molecule has 1 rings (SSSR count). The number of carbonyl (C=O) groups is 2. The zero-order valence-electron chi connectivity index (χ0n) is 10.1. The first-order valence-corrected chi connectivity index (χ1v) is 7.47. The number of anilines is 1. The van der Waals surface area contributed by atoms with Crippen molar-refractivity contribution in [1.82, 2.24) is 0 Å². The van der Waals surface area contributed by atoms with Crippen LogP contribution in [-0.4, -0.2) is 29.0 Å². The van der Waals surface area contributed by atoms with Crippen LogP contribution in [0.15, 0.2) is 22.7 Å². The maximum absolute atomic E-state index is 11.8. The minimum Gasteiger partial charge on any atom is -0.478 e. The second-order valence-electron chi connectivity index (χ2n) is 3.84. The first kappa shape index (κ1) is 15.0. The summed E-state index contributed by atoms with van der Waals surface area (Å²) < 4.78 is 0.662. The van der Waals surface area contributed by atoms with Gasteiger partial charge in [0, 0.05) is 16.1 Å². The summed E-state index contributed by atoms with van der Waals surface area (Å²) in [7, 11) is 0. The van der Waals surface area contributed by atoms with Crippen molar-refractivity contribution in [1.29, 1.82) is 0 Å². The van der Waals surface area contributed by atoms with Crippen molar-refractivity contribution in [3.8, 4) is 0 Å². The van der Waals surface area contributed by atoms with Crippen LogP contribution in [0.4, 0.5) is 5.69 Å². The molecule has 0 aliphatic carbocycles. The molecule has 0 aliphatic rings. The third-order valence-corrected chi connectivity index (χ3v) is 3.66. The van der Waals surface area contributed by atoms with E-state index in [9.17, 15) is 9.59 Å². The fraction of sp³-hybridized carbons (Fsp3) is 0.333. The van der Waals surface area contributed by atoms with Gasteiger partial charge < -0.3 is 10.4 Å². The highest BCUT2D eigenvalue weighted by Gasteiger charge is 2.16. The Hall–Kier alpha value is -1.01. The van der Waals surface area contributed by atoms with Gasteiger partial charge in [-0.1, -0.05) is 22.9 Å². The van der Waals surface area contributed by atoms with E-state index in [0.29, 0.717) is 15.9 Å². The van der Waals surface area contributed by atoms with E-state index < -0.39 is 5.97 Å². The largest absolute Gasteiger partial charge is 0.478 e. The van der Waals surface area contributed by atoms with Gasteiger partial charge in [-0.25, -0.2) is 4.79 Å². The molecule has 0 heterocycles. The summed E-state index contributed by atoms with van der Waals surface area (Å²) in [4.78, 5) is 22.9. The van der Waals surface area contributed by atoms with E-state index in [0.717, 1.165) is 0 Å². The number of benzene rings is 1. The van der Waals surface area contributed by atoms with E-state index in [2.05, 4.69) is 21.2 Å². The predicted octanol–water partition coefficient (Wildman–Crippen LogP) is 3.08. The van der Waals surface area contributed by atoms with Crippen molar-refractivity contribution in [2.75, 3.05) is 17.3 Å². The summed E-state index contributed by atoms with van der Waals surface area (Å²) in [5.74, 6) is -0.700. The van der Waals surface area contributed by atoms with Gasteiger partial charge in [-0.15, -0.1) is 0 Å². The monoisotopic (exact) mass is 331 g/mol. The van der Waals surface area contributed by atoms with Gasteiger partial charge in [0.1, 0.15) is 0 Å². The average Bonchev–Trinajstić information content (AvgIpc) is 2.31. The van der Waals surface area contributed by atoms with Gasteiger partial charge in [0.15, 0.2) is 0 Å². The third-order valence-electron chi connectivity index (χ3n) is 2.33. The molecular weight excluding hydrogens is 318 g/mol. The van der Waals surface area contributed by atoms with E-state index >= 15 is 0 Å². The molecule has 0 aliphatic heterocycles. The van der Waals surface area contributed by atoms with Gasteiger partial charge in [0.25, 0.3) is 0 Å². The number of carboxylic acid groups (broad SMARTS) is 1. The van der Waals surface area contributed by atoms with Gasteiger partial charge in [0.2, 0.25) is 5.91 Å². The summed E-state index contributed by atoms with van der Waals surface area (Å²) >= 11 is 4.78. The summed E-state index contributed by atoms with van der Waals surface area (Å²) in [5.41, 5.74) is 0.401. The molecule has 2 N–H and O–H groups in total. The SMILES string of the molecule is CSCC(C)C(=O)Nc1ccc(Br)cc1C(=O)O. The van der Waals surface area contributed by atoms with Crippen molar-refractivity contribution in [2.45, 2.75) is 6.92 Å². The van der Waals surface area contributed by atoms with E-state index in [1.54, 1.807) is 23.9 Å². The molecule has 1 unspecified atom stereocenters. The molecule has 0 spiro atoms. The predicted molar refractivity (Wildman–Crippen MR) is 77.3 cm³/mol. The summed E-state index contributed by atoms with van der Waals surface area (Å²) in [6, 6.07) is 4.75. The molecule has 1 aromatic rings. The fourth-order valence-corrected chi connectivity index (χ4v) is 2.40. The van der Waals surface area contributed by atoms with E-state index in [1.165, 1.54) is 6.07 Å². The Morgan fingerprint density at radius 3 is 2.72 bits per heavy atom. The zero-order valence-corrected chi connectivity index (χ0v) is 12.5. The van der Waals surface area contributed by atoms with Crippen molar-refractivity contribution in [3.05, 3.63) is 28.2 Å². The molecule has 1 amide bonds. The number of rotatable bonds is 5. The lowest BCUT2D eigenvalue weighted by Gasteiger charge is -2.12. The molecule has 18 heavy (non-hydrogen) atoms. The molecule has 4 nitrogen and oxygen atoms in total. The number of carboxylic acids is 1. The first-order valence-electron chi connectivity index (χ1n) is 5.28. The minimum absolute atomic E-state index is 0.0778. The Balaban J connectivity index is 2.90. The van der Waals surface area contributed by atoms with Gasteiger partial charge >= 0.3 is 5.97 Å². The van der Waals surface area contributed by atoms with Gasteiger partial charge in [-0.05, 0) is 24.5 Å². The number of thioether (sulfide) groups is 1.